The Balaban J connectivity index is 1.60. The molecule has 0 saturated carbocycles. The second kappa shape index (κ2) is 10.7. The van der Waals surface area contributed by atoms with Gasteiger partial charge in [0.15, 0.2) is 5.69 Å². The summed E-state index contributed by atoms with van der Waals surface area (Å²) in [5, 5.41) is 13.5. The average molecular weight is 575 g/mol. The van der Waals surface area contributed by atoms with E-state index >= 15 is 0 Å². The summed E-state index contributed by atoms with van der Waals surface area (Å²) in [6.07, 6.45) is 0. The van der Waals surface area contributed by atoms with Crippen LogP contribution >= 0.6 is 23.2 Å². The first-order valence-electron chi connectivity index (χ1n) is 12.3. The number of halogens is 2. The third-order valence-electron chi connectivity index (χ3n) is 6.48. The molecule has 9 nitrogen and oxygen atoms in total. The lowest BCUT2D eigenvalue weighted by atomic mass is 10.0. The maximum atomic E-state index is 13.5. The van der Waals surface area contributed by atoms with E-state index in [1.165, 1.54) is 10.6 Å². The average Bonchev–Trinajstić information content (AvgIpc) is 2.91. The molecule has 0 unspecified atom stereocenters. The highest BCUT2D eigenvalue weighted by Gasteiger charge is 2.20. The van der Waals surface area contributed by atoms with Crippen LogP contribution in [0, 0.1) is 13.8 Å². The van der Waals surface area contributed by atoms with Crippen molar-refractivity contribution in [3.63, 3.8) is 0 Å². The maximum absolute atomic E-state index is 13.5. The largest absolute Gasteiger partial charge is 0.476 e. The number of carbonyl (C=O) groups is 1. The van der Waals surface area contributed by atoms with Crippen molar-refractivity contribution in [2.24, 2.45) is 7.05 Å². The lowest BCUT2D eigenvalue weighted by Crippen LogP contribution is -2.22. The summed E-state index contributed by atoms with van der Waals surface area (Å²) in [6.45, 7) is 5.60. The van der Waals surface area contributed by atoms with Crippen LogP contribution in [0.15, 0.2) is 59.4 Å². The van der Waals surface area contributed by atoms with E-state index in [4.69, 9.17) is 28.2 Å². The smallest absolute Gasteiger partial charge is 0.356 e. The molecule has 0 aliphatic heterocycles. The van der Waals surface area contributed by atoms with Crippen LogP contribution in [0.2, 0.25) is 10.2 Å². The number of aromatic carboxylic acids is 1. The molecular formula is C29H24Cl2N6O3. The number of hydrogen-bond donors (Lipinski definition) is 2. The van der Waals surface area contributed by atoms with Crippen LogP contribution < -0.4 is 10.9 Å². The molecule has 0 bridgehead atoms. The maximum Gasteiger partial charge on any atom is 0.356 e. The van der Waals surface area contributed by atoms with E-state index in [2.05, 4.69) is 20.3 Å². The van der Waals surface area contributed by atoms with Gasteiger partial charge in [0.1, 0.15) is 16.8 Å². The summed E-state index contributed by atoms with van der Waals surface area (Å²) in [7, 11) is 1.66. The molecule has 0 amide bonds. The van der Waals surface area contributed by atoms with Gasteiger partial charge in [-0.25, -0.2) is 24.7 Å². The molecule has 2 aromatic carbocycles. The van der Waals surface area contributed by atoms with Crippen LogP contribution in [0.3, 0.4) is 0 Å². The van der Waals surface area contributed by atoms with Crippen molar-refractivity contribution in [1.29, 1.82) is 0 Å². The first-order chi connectivity index (χ1) is 19.0. The molecule has 0 fully saturated rings. The minimum atomic E-state index is -1.22. The van der Waals surface area contributed by atoms with Crippen LogP contribution in [0.4, 0.5) is 5.69 Å². The zero-order chi connectivity index (χ0) is 28.7. The number of aryl methyl sites for hydroxylation is 2. The van der Waals surface area contributed by atoms with Crippen molar-refractivity contribution in [1.82, 2.24) is 24.5 Å². The molecule has 1 atom stereocenters. The van der Waals surface area contributed by atoms with Crippen LogP contribution in [0.1, 0.15) is 40.5 Å². The van der Waals surface area contributed by atoms with Gasteiger partial charge in [-0.2, -0.15) is 0 Å². The summed E-state index contributed by atoms with van der Waals surface area (Å²) in [5.74, 6) is -0.0659. The number of anilines is 1. The van der Waals surface area contributed by atoms with Crippen LogP contribution in [0.5, 0.6) is 0 Å². The monoisotopic (exact) mass is 574 g/mol. The van der Waals surface area contributed by atoms with Crippen molar-refractivity contribution in [2.75, 3.05) is 5.32 Å². The zero-order valence-electron chi connectivity index (χ0n) is 22.0. The summed E-state index contributed by atoms with van der Waals surface area (Å²) >= 11 is 12.3. The Kier molecular flexibility index (Phi) is 7.27. The predicted molar refractivity (Wildman–Crippen MR) is 156 cm³/mol. The van der Waals surface area contributed by atoms with Crippen molar-refractivity contribution in [3.8, 4) is 22.6 Å². The molecule has 0 spiro atoms. The molecule has 3 aromatic heterocycles. The fraction of sp³-hybridized carbons (Fsp3) is 0.172. The minimum absolute atomic E-state index is 0.0645. The molecule has 0 aliphatic carbocycles. The highest BCUT2D eigenvalue weighted by atomic mass is 35.5. The Bertz CT molecular complexity index is 1830. The van der Waals surface area contributed by atoms with E-state index in [0.717, 1.165) is 22.5 Å². The highest BCUT2D eigenvalue weighted by molar-refractivity contribution is 6.31. The van der Waals surface area contributed by atoms with Gasteiger partial charge in [-0.3, -0.25) is 9.36 Å². The number of carboxylic acids is 1. The third-order valence-corrected chi connectivity index (χ3v) is 6.91. The second-order valence-corrected chi connectivity index (χ2v) is 10.2. The van der Waals surface area contributed by atoms with Crippen molar-refractivity contribution >= 4 is 45.8 Å². The molecule has 40 heavy (non-hydrogen) atoms. The van der Waals surface area contributed by atoms with Crippen LogP contribution in [0.25, 0.3) is 33.5 Å². The van der Waals surface area contributed by atoms with Gasteiger partial charge in [-0.15, -0.1) is 0 Å². The van der Waals surface area contributed by atoms with Crippen molar-refractivity contribution < 1.29 is 9.90 Å². The Labute approximate surface area is 239 Å². The number of carboxylic acid groups (broad SMARTS) is 1. The molecule has 0 saturated heterocycles. The summed E-state index contributed by atoms with van der Waals surface area (Å²) in [5.41, 5.74) is 4.21. The number of pyridine rings is 1. The zero-order valence-corrected chi connectivity index (χ0v) is 23.5. The van der Waals surface area contributed by atoms with E-state index in [1.54, 1.807) is 25.2 Å². The molecule has 2 N–H and O–H groups in total. The molecule has 11 heteroatoms. The van der Waals surface area contributed by atoms with Crippen molar-refractivity contribution in [3.05, 3.63) is 97.9 Å². The molecule has 3 heterocycles. The van der Waals surface area contributed by atoms with E-state index in [9.17, 15) is 14.7 Å². The molecule has 5 aromatic rings. The number of benzene rings is 2. The van der Waals surface area contributed by atoms with Gasteiger partial charge >= 0.3 is 5.97 Å². The van der Waals surface area contributed by atoms with Gasteiger partial charge in [0, 0.05) is 34.5 Å². The quantitative estimate of drug-likeness (QED) is 0.228. The highest BCUT2D eigenvalue weighted by Crippen LogP contribution is 2.31. The summed E-state index contributed by atoms with van der Waals surface area (Å²) in [6, 6.07) is 15.4. The Morgan fingerprint density at radius 2 is 1.65 bits per heavy atom. The first kappa shape index (κ1) is 27.2. The lowest BCUT2D eigenvalue weighted by molar-refractivity contribution is 0.0691. The molecule has 0 radical (unpaired) electrons. The van der Waals surface area contributed by atoms with Gasteiger partial charge in [-0.1, -0.05) is 47.5 Å². The second-order valence-electron chi connectivity index (χ2n) is 9.41. The Hall–Kier alpha value is -4.34. The SMILES string of the molecule is Cc1cc(-c2ccc(-c3nc4c([C@@H](C)Nc5ccc(Cl)nc5C(=O)O)cc(Cl)cc4c(=O)n3C)cc2)nc(C)n1. The first-order valence-corrected chi connectivity index (χ1v) is 13.1. The van der Waals surface area contributed by atoms with E-state index in [-0.39, 0.29) is 22.1 Å². The van der Waals surface area contributed by atoms with Gasteiger partial charge < -0.3 is 10.4 Å². The summed E-state index contributed by atoms with van der Waals surface area (Å²) < 4.78 is 1.49. The van der Waals surface area contributed by atoms with E-state index < -0.39 is 12.0 Å². The molecule has 0 aliphatic rings. The van der Waals surface area contributed by atoms with Gasteiger partial charge in [0.2, 0.25) is 0 Å². The van der Waals surface area contributed by atoms with E-state index in [1.807, 2.05) is 51.1 Å². The van der Waals surface area contributed by atoms with Crippen LogP contribution in [-0.2, 0) is 7.05 Å². The molecular weight excluding hydrogens is 551 g/mol. The third kappa shape index (κ3) is 5.25. The summed E-state index contributed by atoms with van der Waals surface area (Å²) in [4.78, 5) is 42.9. The normalized spacial score (nSPS) is 11.9. The number of nitrogens with zero attached hydrogens (tertiary/aromatic N) is 5. The lowest BCUT2D eigenvalue weighted by Gasteiger charge is -2.20. The Morgan fingerprint density at radius 3 is 2.33 bits per heavy atom. The predicted octanol–water partition coefficient (Wildman–Crippen LogP) is 6.25. The van der Waals surface area contributed by atoms with Gasteiger partial charge in [0.25, 0.3) is 5.56 Å². The standard InChI is InChI=1S/C29H24Cl2N6O3/c1-14-11-23(34-16(3)32-14)17-5-7-18(8-6-17)27-36-25-20(12-19(30)13-21(25)28(38)37(27)4)15(2)33-22-9-10-24(31)35-26(22)29(39)40/h5-13,15,33H,1-4H3,(H,39,40)/t15-/m1/s1. The topological polar surface area (TPSA) is 123 Å². The number of rotatable bonds is 6. The number of aromatic nitrogens is 5. The molecule has 202 valence electrons. The number of nitrogens with one attached hydrogen (secondary N) is 1. The number of hydrogen-bond acceptors (Lipinski definition) is 7. The fourth-order valence-corrected chi connectivity index (χ4v) is 5.01. The Morgan fingerprint density at radius 1 is 0.950 bits per heavy atom. The number of fused-ring (bicyclic) bond motifs is 1. The van der Waals surface area contributed by atoms with Crippen molar-refractivity contribution in [2.45, 2.75) is 26.8 Å². The molecule has 5 rings (SSSR count). The van der Waals surface area contributed by atoms with E-state index in [0.29, 0.717) is 33.1 Å². The van der Waals surface area contributed by atoms with Gasteiger partial charge in [-0.05, 0) is 51.1 Å². The minimum Gasteiger partial charge on any atom is -0.476 e. The van der Waals surface area contributed by atoms with Crippen LogP contribution in [-0.4, -0.2) is 35.6 Å². The fourth-order valence-electron chi connectivity index (χ4n) is 4.63. The van der Waals surface area contributed by atoms with Gasteiger partial charge in [0.05, 0.1) is 28.3 Å².